The molecular formula is C16H20FN3O4S. The molecule has 0 radical (unpaired) electrons. The zero-order chi connectivity index (χ0) is 18.2. The van der Waals surface area contributed by atoms with Gasteiger partial charge in [-0.3, -0.25) is 10.1 Å². The Morgan fingerprint density at radius 1 is 1.20 bits per heavy atom. The molecule has 3 rings (SSSR count). The normalized spacial score (nSPS) is 25.7. The summed E-state index contributed by atoms with van der Waals surface area (Å²) in [6.07, 6.45) is 1.25. The van der Waals surface area contributed by atoms with E-state index in [4.69, 9.17) is 0 Å². The number of rotatable bonds is 4. The number of hydrogen-bond donors (Lipinski definition) is 2. The first-order valence-electron chi connectivity index (χ1n) is 8.06. The summed E-state index contributed by atoms with van der Waals surface area (Å²) >= 11 is 0. The Balaban J connectivity index is 1.64. The van der Waals surface area contributed by atoms with Crippen LogP contribution in [0.5, 0.6) is 0 Å². The molecule has 0 aliphatic carbocycles. The van der Waals surface area contributed by atoms with Gasteiger partial charge in [-0.05, 0) is 43.4 Å². The monoisotopic (exact) mass is 369 g/mol. The third kappa shape index (κ3) is 3.67. The summed E-state index contributed by atoms with van der Waals surface area (Å²) in [6.45, 7) is 2.06. The molecule has 2 fully saturated rings. The molecule has 2 N–H and O–H groups in total. The Bertz CT molecular complexity index is 788. The van der Waals surface area contributed by atoms with Gasteiger partial charge in [0.1, 0.15) is 11.4 Å². The van der Waals surface area contributed by atoms with Crippen molar-refractivity contribution >= 4 is 22.0 Å². The molecule has 9 heteroatoms. The predicted molar refractivity (Wildman–Crippen MR) is 88.8 cm³/mol. The lowest BCUT2D eigenvalue weighted by molar-refractivity contribution is -0.122. The second kappa shape index (κ2) is 6.38. The summed E-state index contributed by atoms with van der Waals surface area (Å²) in [4.78, 5) is 23.1. The van der Waals surface area contributed by atoms with E-state index in [1.165, 1.54) is 23.4 Å². The van der Waals surface area contributed by atoms with Crippen LogP contribution in [0.4, 0.5) is 9.18 Å². The second-order valence-corrected chi connectivity index (χ2v) is 8.69. The van der Waals surface area contributed by atoms with Crippen LogP contribution in [0.3, 0.4) is 0 Å². The highest BCUT2D eigenvalue weighted by atomic mass is 32.2. The van der Waals surface area contributed by atoms with E-state index in [9.17, 15) is 22.4 Å². The summed E-state index contributed by atoms with van der Waals surface area (Å²) in [5.41, 5.74) is -0.461. The van der Waals surface area contributed by atoms with Gasteiger partial charge >= 0.3 is 6.03 Å². The minimum atomic E-state index is -3.70. The van der Waals surface area contributed by atoms with Crippen molar-refractivity contribution in [3.8, 4) is 0 Å². The van der Waals surface area contributed by atoms with Gasteiger partial charge in [0, 0.05) is 13.1 Å². The summed E-state index contributed by atoms with van der Waals surface area (Å²) in [5.74, 6) is -1.23. The Morgan fingerprint density at radius 2 is 1.80 bits per heavy atom. The van der Waals surface area contributed by atoms with Crippen LogP contribution in [0, 0.1) is 5.82 Å². The van der Waals surface area contributed by atoms with Crippen molar-refractivity contribution in [3.63, 3.8) is 0 Å². The van der Waals surface area contributed by atoms with E-state index in [0.717, 1.165) is 5.56 Å². The van der Waals surface area contributed by atoms with Gasteiger partial charge in [-0.25, -0.2) is 21.9 Å². The fourth-order valence-electron chi connectivity index (χ4n) is 3.34. The van der Waals surface area contributed by atoms with Crippen LogP contribution in [0.1, 0.15) is 31.2 Å². The minimum absolute atomic E-state index is 0.178. The Kier molecular flexibility index (Phi) is 4.54. The SMILES string of the molecule is C[C@@]1(CS(=O)(=O)N2CCC(c3ccc(F)cc3)CC2)NC(=O)NC1=O. The largest absolute Gasteiger partial charge is 0.322 e. The third-order valence-corrected chi connectivity index (χ3v) is 6.87. The van der Waals surface area contributed by atoms with Gasteiger partial charge in [0.05, 0.1) is 5.75 Å². The maximum absolute atomic E-state index is 13.0. The number of sulfonamides is 1. The first-order chi connectivity index (χ1) is 11.7. The molecule has 2 heterocycles. The van der Waals surface area contributed by atoms with Gasteiger partial charge in [-0.1, -0.05) is 12.1 Å². The number of carbonyl (C=O) groups is 2. The van der Waals surface area contributed by atoms with E-state index in [-0.39, 0.29) is 11.7 Å². The number of halogens is 1. The molecule has 0 aromatic heterocycles. The maximum Gasteiger partial charge on any atom is 0.322 e. The number of benzene rings is 1. The quantitative estimate of drug-likeness (QED) is 0.772. The van der Waals surface area contributed by atoms with Crippen LogP contribution in [0.15, 0.2) is 24.3 Å². The van der Waals surface area contributed by atoms with Crippen molar-refractivity contribution in [2.45, 2.75) is 31.2 Å². The number of amides is 3. The fourth-order valence-corrected chi connectivity index (χ4v) is 5.22. The average Bonchev–Trinajstić information content (AvgIpc) is 2.79. The van der Waals surface area contributed by atoms with Crippen LogP contribution in [-0.4, -0.2) is 49.0 Å². The molecule has 2 saturated heterocycles. The maximum atomic E-state index is 13.0. The summed E-state index contributed by atoms with van der Waals surface area (Å²) in [5, 5.41) is 4.44. The lowest BCUT2D eigenvalue weighted by Gasteiger charge is -2.33. The molecule has 0 saturated carbocycles. The number of hydrogen-bond acceptors (Lipinski definition) is 4. The molecule has 25 heavy (non-hydrogen) atoms. The molecule has 0 bridgehead atoms. The van der Waals surface area contributed by atoms with Crippen LogP contribution in [0.2, 0.25) is 0 Å². The van der Waals surface area contributed by atoms with Crippen molar-refractivity contribution in [1.29, 1.82) is 0 Å². The molecular weight excluding hydrogens is 349 g/mol. The van der Waals surface area contributed by atoms with E-state index in [1.54, 1.807) is 12.1 Å². The molecule has 136 valence electrons. The van der Waals surface area contributed by atoms with Gasteiger partial charge in [0.25, 0.3) is 5.91 Å². The van der Waals surface area contributed by atoms with Crippen molar-refractivity contribution < 1.29 is 22.4 Å². The Morgan fingerprint density at radius 3 is 2.32 bits per heavy atom. The molecule has 1 aromatic rings. The van der Waals surface area contributed by atoms with E-state index < -0.39 is 33.3 Å². The van der Waals surface area contributed by atoms with Crippen LogP contribution in [0.25, 0.3) is 0 Å². The van der Waals surface area contributed by atoms with Crippen LogP contribution < -0.4 is 10.6 Å². The van der Waals surface area contributed by atoms with Gasteiger partial charge in [-0.2, -0.15) is 0 Å². The Labute approximate surface area is 145 Å². The van der Waals surface area contributed by atoms with Crippen molar-refractivity contribution in [3.05, 3.63) is 35.6 Å². The number of urea groups is 1. The van der Waals surface area contributed by atoms with Crippen molar-refractivity contribution in [1.82, 2.24) is 14.9 Å². The number of carbonyl (C=O) groups excluding carboxylic acids is 2. The van der Waals surface area contributed by atoms with E-state index >= 15 is 0 Å². The first-order valence-corrected chi connectivity index (χ1v) is 9.67. The lowest BCUT2D eigenvalue weighted by Crippen LogP contribution is -2.53. The lowest BCUT2D eigenvalue weighted by atomic mass is 9.90. The number of piperidine rings is 1. The van der Waals surface area contributed by atoms with Crippen molar-refractivity contribution in [2.75, 3.05) is 18.8 Å². The highest BCUT2D eigenvalue weighted by molar-refractivity contribution is 7.89. The fraction of sp³-hybridized carbons (Fsp3) is 0.500. The zero-order valence-electron chi connectivity index (χ0n) is 13.8. The number of nitrogens with one attached hydrogen (secondary N) is 2. The molecule has 0 unspecified atom stereocenters. The van der Waals surface area contributed by atoms with E-state index in [2.05, 4.69) is 10.6 Å². The zero-order valence-corrected chi connectivity index (χ0v) is 14.6. The first kappa shape index (κ1) is 17.8. The topological polar surface area (TPSA) is 95.6 Å². The van der Waals surface area contributed by atoms with Crippen LogP contribution >= 0.6 is 0 Å². The Hall–Kier alpha value is -2.00. The molecule has 2 aliphatic rings. The molecule has 2 aliphatic heterocycles. The van der Waals surface area contributed by atoms with Crippen LogP contribution in [-0.2, 0) is 14.8 Å². The van der Waals surface area contributed by atoms with Gasteiger partial charge in [0.15, 0.2) is 0 Å². The minimum Gasteiger partial charge on any atom is -0.322 e. The summed E-state index contributed by atoms with van der Waals surface area (Å²) in [7, 11) is -3.70. The second-order valence-electron chi connectivity index (χ2n) is 6.72. The number of imide groups is 1. The van der Waals surface area contributed by atoms with E-state index in [1.807, 2.05) is 0 Å². The molecule has 0 spiro atoms. The summed E-state index contributed by atoms with van der Waals surface area (Å²) in [6, 6.07) is 5.58. The molecule has 1 aromatic carbocycles. The molecule has 3 amide bonds. The smallest absolute Gasteiger partial charge is 0.322 e. The molecule has 7 nitrogen and oxygen atoms in total. The number of nitrogens with zero attached hydrogens (tertiary/aromatic N) is 1. The molecule has 1 atom stereocenters. The third-order valence-electron chi connectivity index (χ3n) is 4.78. The van der Waals surface area contributed by atoms with Gasteiger partial charge < -0.3 is 5.32 Å². The van der Waals surface area contributed by atoms with Gasteiger partial charge in [0.2, 0.25) is 10.0 Å². The summed E-state index contributed by atoms with van der Waals surface area (Å²) < 4.78 is 39.6. The highest BCUT2D eigenvalue weighted by Gasteiger charge is 2.46. The van der Waals surface area contributed by atoms with Gasteiger partial charge in [-0.15, -0.1) is 0 Å². The average molecular weight is 369 g/mol. The highest BCUT2D eigenvalue weighted by Crippen LogP contribution is 2.30. The predicted octanol–water partition coefficient (Wildman–Crippen LogP) is 0.933. The standard InChI is InChI=1S/C16H20FN3O4S/c1-16(14(21)18-15(22)19-16)10-25(23,24)20-8-6-12(7-9-20)11-2-4-13(17)5-3-11/h2-5,12H,6-10H2,1H3,(H2,18,19,21,22)/t16-/m0/s1. The van der Waals surface area contributed by atoms with Crippen molar-refractivity contribution in [2.24, 2.45) is 0 Å². The van der Waals surface area contributed by atoms with E-state index in [0.29, 0.717) is 25.9 Å².